The van der Waals surface area contributed by atoms with Crippen LogP contribution in [0, 0.1) is 22.5 Å². The first-order valence-electron chi connectivity index (χ1n) is 11.2. The number of sulfonamides is 1. The molecule has 0 aliphatic carbocycles. The first-order chi connectivity index (χ1) is 16.8. The van der Waals surface area contributed by atoms with Crippen LogP contribution in [0.5, 0.6) is 0 Å². The fourth-order valence-electron chi connectivity index (χ4n) is 4.25. The highest BCUT2D eigenvalue weighted by molar-refractivity contribution is 7.89. The topological polar surface area (TPSA) is 115 Å². The van der Waals surface area contributed by atoms with Crippen LogP contribution in [0.4, 0.5) is 5.69 Å². The van der Waals surface area contributed by atoms with Gasteiger partial charge in [0.1, 0.15) is 0 Å². The van der Waals surface area contributed by atoms with Gasteiger partial charge in [0, 0.05) is 30.3 Å². The van der Waals surface area contributed by atoms with Crippen molar-refractivity contribution in [2.24, 2.45) is 4.99 Å². The van der Waals surface area contributed by atoms with Gasteiger partial charge in [-0.15, -0.1) is 6.42 Å². The number of amides is 1. The van der Waals surface area contributed by atoms with Gasteiger partial charge in [0.2, 0.25) is 10.0 Å². The zero-order valence-corrected chi connectivity index (χ0v) is 20.7. The number of hydrogen-bond donors (Lipinski definition) is 0. The van der Waals surface area contributed by atoms with Crippen molar-refractivity contribution in [1.82, 2.24) is 8.87 Å². The third-order valence-corrected chi connectivity index (χ3v) is 9.10. The molecular weight excluding hydrogens is 488 g/mol. The quantitative estimate of drug-likeness (QED) is 0.282. The molecule has 0 radical (unpaired) electrons. The monoisotopic (exact) mass is 512 g/mol. The first kappa shape index (κ1) is 24.8. The lowest BCUT2D eigenvalue weighted by Crippen LogP contribution is -2.43. The molecule has 0 saturated carbocycles. The molecule has 1 unspecified atom stereocenters. The van der Waals surface area contributed by atoms with E-state index < -0.39 is 20.9 Å². The van der Waals surface area contributed by atoms with Gasteiger partial charge in [-0.3, -0.25) is 14.9 Å². The maximum Gasteiger partial charge on any atom is 0.279 e. The summed E-state index contributed by atoms with van der Waals surface area (Å²) in [5.74, 6) is 1.92. The largest absolute Gasteiger partial charge is 0.304 e. The van der Waals surface area contributed by atoms with E-state index in [-0.39, 0.29) is 28.7 Å². The molecule has 2 aromatic carbocycles. The molecule has 9 nitrogen and oxygen atoms in total. The average molecular weight is 513 g/mol. The number of terminal acetylenes is 1. The molecule has 11 heteroatoms. The van der Waals surface area contributed by atoms with Crippen LogP contribution in [-0.4, -0.2) is 40.7 Å². The van der Waals surface area contributed by atoms with E-state index in [0.29, 0.717) is 21.6 Å². The number of nitro groups is 1. The van der Waals surface area contributed by atoms with E-state index in [2.05, 4.69) is 10.9 Å². The molecule has 1 aromatic heterocycles. The summed E-state index contributed by atoms with van der Waals surface area (Å²) in [5, 5.41) is 11.2. The lowest BCUT2D eigenvalue weighted by Gasteiger charge is -2.34. The standard InChI is InChI=1S/C24H24N4O5S2/c1-3-14-26-21-16-19(28(30)31)10-13-22(21)34-24(26)25-23(29)17-8-11-20(12-9-17)35(32,33)27-15-6-5-7-18(27)4-2/h1,8-13,16,18H,4-7,14-15H2,2H3. The highest BCUT2D eigenvalue weighted by Gasteiger charge is 2.32. The summed E-state index contributed by atoms with van der Waals surface area (Å²) in [4.78, 5) is 28.2. The number of aromatic nitrogens is 1. The lowest BCUT2D eigenvalue weighted by atomic mass is 10.0. The fraction of sp³-hybridized carbons (Fsp3) is 0.333. The van der Waals surface area contributed by atoms with Crippen LogP contribution in [0.2, 0.25) is 0 Å². The second-order valence-corrected chi connectivity index (χ2v) is 11.1. The van der Waals surface area contributed by atoms with Gasteiger partial charge < -0.3 is 4.57 Å². The number of nitrogens with zero attached hydrogens (tertiary/aromatic N) is 4. The van der Waals surface area contributed by atoms with Crippen molar-refractivity contribution in [2.45, 2.75) is 50.1 Å². The van der Waals surface area contributed by atoms with Gasteiger partial charge in [0.15, 0.2) is 4.80 Å². The van der Waals surface area contributed by atoms with Crippen LogP contribution in [0.1, 0.15) is 43.0 Å². The summed E-state index contributed by atoms with van der Waals surface area (Å²) in [6, 6.07) is 10.1. The SMILES string of the molecule is C#CCn1c(=NC(=O)c2ccc(S(=O)(=O)N3CCCCC3CC)cc2)sc2ccc([N+](=O)[O-])cc21. The second-order valence-electron chi connectivity index (χ2n) is 8.20. The third kappa shape index (κ3) is 4.91. The number of hydrogen-bond acceptors (Lipinski definition) is 6. The smallest absolute Gasteiger partial charge is 0.279 e. The Kier molecular flexibility index (Phi) is 7.16. The predicted molar refractivity (Wildman–Crippen MR) is 133 cm³/mol. The minimum atomic E-state index is -3.66. The highest BCUT2D eigenvalue weighted by atomic mass is 32.2. The Balaban J connectivity index is 1.67. The molecule has 182 valence electrons. The molecule has 1 fully saturated rings. The molecule has 35 heavy (non-hydrogen) atoms. The molecule has 3 aromatic rings. The van der Waals surface area contributed by atoms with Crippen LogP contribution in [0.15, 0.2) is 52.4 Å². The van der Waals surface area contributed by atoms with E-state index in [0.717, 1.165) is 25.7 Å². The van der Waals surface area contributed by atoms with Gasteiger partial charge in [0.25, 0.3) is 11.6 Å². The molecule has 1 aliphatic heterocycles. The Morgan fingerprint density at radius 2 is 2.00 bits per heavy atom. The van der Waals surface area contributed by atoms with Crippen molar-refractivity contribution in [3.63, 3.8) is 0 Å². The Bertz CT molecular complexity index is 1500. The number of nitro benzene ring substituents is 1. The van der Waals surface area contributed by atoms with Crippen LogP contribution in [0.3, 0.4) is 0 Å². The van der Waals surface area contributed by atoms with E-state index in [1.807, 2.05) is 6.92 Å². The number of carbonyl (C=O) groups is 1. The molecule has 1 aliphatic rings. The number of fused-ring (bicyclic) bond motifs is 1. The molecule has 0 bridgehead atoms. The molecule has 1 atom stereocenters. The van der Waals surface area contributed by atoms with Crippen molar-refractivity contribution >= 4 is 43.2 Å². The van der Waals surface area contributed by atoms with Gasteiger partial charge in [-0.25, -0.2) is 8.42 Å². The Morgan fingerprint density at radius 1 is 1.26 bits per heavy atom. The van der Waals surface area contributed by atoms with Crippen molar-refractivity contribution < 1.29 is 18.1 Å². The van der Waals surface area contributed by atoms with E-state index >= 15 is 0 Å². The third-order valence-electron chi connectivity index (χ3n) is 6.08. The van der Waals surface area contributed by atoms with Crippen LogP contribution >= 0.6 is 11.3 Å². The number of non-ortho nitro benzene ring substituents is 1. The van der Waals surface area contributed by atoms with Crippen LogP contribution in [-0.2, 0) is 16.6 Å². The average Bonchev–Trinajstić information content (AvgIpc) is 3.20. The molecule has 0 spiro atoms. The number of thiazole rings is 1. The summed E-state index contributed by atoms with van der Waals surface area (Å²) < 4.78 is 30.2. The maximum absolute atomic E-state index is 13.2. The number of benzene rings is 2. The first-order valence-corrected chi connectivity index (χ1v) is 13.4. The number of carbonyl (C=O) groups excluding carboxylic acids is 1. The van der Waals surface area contributed by atoms with Crippen molar-refractivity contribution in [2.75, 3.05) is 6.54 Å². The van der Waals surface area contributed by atoms with E-state index in [9.17, 15) is 23.3 Å². The van der Waals surface area contributed by atoms with Gasteiger partial charge in [0.05, 0.1) is 26.6 Å². The molecule has 4 rings (SSSR count). The summed E-state index contributed by atoms with van der Waals surface area (Å²) in [6.07, 6.45) is 8.93. The zero-order valence-electron chi connectivity index (χ0n) is 19.1. The van der Waals surface area contributed by atoms with Gasteiger partial charge in [-0.1, -0.05) is 30.6 Å². The molecular formula is C24H24N4O5S2. The van der Waals surface area contributed by atoms with Crippen molar-refractivity contribution in [3.05, 3.63) is 62.9 Å². The summed E-state index contributed by atoms with van der Waals surface area (Å²) in [5.41, 5.74) is 0.655. The molecule has 2 heterocycles. The highest BCUT2D eigenvalue weighted by Crippen LogP contribution is 2.27. The number of piperidine rings is 1. The van der Waals surface area contributed by atoms with Crippen LogP contribution in [0.25, 0.3) is 10.2 Å². The molecule has 1 amide bonds. The lowest BCUT2D eigenvalue weighted by molar-refractivity contribution is -0.384. The number of rotatable bonds is 6. The van der Waals surface area contributed by atoms with E-state index in [1.54, 1.807) is 14.9 Å². The van der Waals surface area contributed by atoms with Crippen molar-refractivity contribution in [1.29, 1.82) is 0 Å². The van der Waals surface area contributed by atoms with Gasteiger partial charge in [-0.2, -0.15) is 9.30 Å². The summed E-state index contributed by atoms with van der Waals surface area (Å²) in [6.45, 7) is 2.56. The predicted octanol–water partition coefficient (Wildman–Crippen LogP) is 3.94. The zero-order chi connectivity index (χ0) is 25.2. The van der Waals surface area contributed by atoms with Gasteiger partial charge in [-0.05, 0) is 49.6 Å². The molecule has 0 N–H and O–H groups in total. The summed E-state index contributed by atoms with van der Waals surface area (Å²) >= 11 is 1.19. The van der Waals surface area contributed by atoms with Crippen LogP contribution < -0.4 is 4.80 Å². The Hall–Kier alpha value is -3.33. The fourth-order valence-corrected chi connectivity index (χ4v) is 7.03. The minimum absolute atomic E-state index is 0.0135. The minimum Gasteiger partial charge on any atom is -0.304 e. The second kappa shape index (κ2) is 10.1. The van der Waals surface area contributed by atoms with E-state index in [1.165, 1.54) is 47.7 Å². The van der Waals surface area contributed by atoms with Crippen molar-refractivity contribution in [3.8, 4) is 12.3 Å². The van der Waals surface area contributed by atoms with Gasteiger partial charge >= 0.3 is 0 Å². The summed E-state index contributed by atoms with van der Waals surface area (Å²) in [7, 11) is -3.66. The normalized spacial score (nSPS) is 17.4. The molecule has 1 saturated heterocycles. The Morgan fingerprint density at radius 3 is 2.66 bits per heavy atom. The maximum atomic E-state index is 13.2. The Labute approximate surface area is 206 Å². The van der Waals surface area contributed by atoms with E-state index in [4.69, 9.17) is 6.42 Å².